The summed E-state index contributed by atoms with van der Waals surface area (Å²) in [5.74, 6) is 2.35. The van der Waals surface area contributed by atoms with E-state index in [9.17, 15) is 0 Å². The summed E-state index contributed by atoms with van der Waals surface area (Å²) in [6.07, 6.45) is 0. The number of nitrogens with zero attached hydrogens (tertiary/aromatic N) is 2. The fraction of sp³-hybridized carbons (Fsp3) is 0.273. The maximum absolute atomic E-state index is 5.34. The van der Waals surface area contributed by atoms with Crippen LogP contribution in [-0.2, 0) is 0 Å². The monoisotopic (exact) mass is 220 g/mol. The Hall–Kier alpha value is -2.04. The van der Waals surface area contributed by atoms with Crippen molar-refractivity contribution in [3.8, 4) is 23.0 Å². The lowest BCUT2D eigenvalue weighted by Gasteiger charge is -2.05. The molecule has 1 heterocycles. The van der Waals surface area contributed by atoms with E-state index < -0.39 is 0 Å². The van der Waals surface area contributed by atoms with Gasteiger partial charge in [-0.2, -0.15) is 0 Å². The molecule has 0 fully saturated rings. The van der Waals surface area contributed by atoms with Gasteiger partial charge in [0, 0.05) is 18.6 Å². The molecule has 0 saturated heterocycles. The molecule has 0 aliphatic rings. The maximum atomic E-state index is 5.34. The fourth-order valence-corrected chi connectivity index (χ4v) is 1.34. The van der Waals surface area contributed by atoms with E-state index in [-0.39, 0.29) is 0 Å². The highest BCUT2D eigenvalue weighted by Gasteiger charge is 2.09. The van der Waals surface area contributed by atoms with Gasteiger partial charge in [0.05, 0.1) is 14.2 Å². The van der Waals surface area contributed by atoms with Gasteiger partial charge in [0.2, 0.25) is 11.8 Å². The van der Waals surface area contributed by atoms with Crippen molar-refractivity contribution in [2.24, 2.45) is 0 Å². The first-order valence-corrected chi connectivity index (χ1v) is 4.76. The molecule has 0 radical (unpaired) electrons. The highest BCUT2D eigenvalue weighted by atomic mass is 16.5. The number of rotatable bonds is 3. The number of hydrogen-bond donors (Lipinski definition) is 0. The van der Waals surface area contributed by atoms with Gasteiger partial charge in [-0.05, 0) is 12.1 Å². The molecule has 0 N–H and O–H groups in total. The topological polar surface area (TPSA) is 57.4 Å². The van der Waals surface area contributed by atoms with Gasteiger partial charge in [0.15, 0.2) is 0 Å². The quantitative estimate of drug-likeness (QED) is 0.792. The van der Waals surface area contributed by atoms with Crippen molar-refractivity contribution in [1.82, 2.24) is 10.2 Å². The van der Waals surface area contributed by atoms with Crippen molar-refractivity contribution < 1.29 is 13.9 Å². The molecule has 0 aliphatic carbocycles. The second kappa shape index (κ2) is 4.22. The van der Waals surface area contributed by atoms with E-state index in [2.05, 4.69) is 10.2 Å². The first kappa shape index (κ1) is 10.5. The van der Waals surface area contributed by atoms with E-state index in [1.54, 1.807) is 27.2 Å². The van der Waals surface area contributed by atoms with E-state index in [1.807, 2.05) is 12.1 Å². The molecule has 16 heavy (non-hydrogen) atoms. The number of benzene rings is 1. The molecule has 5 nitrogen and oxygen atoms in total. The summed E-state index contributed by atoms with van der Waals surface area (Å²) in [7, 11) is 3.19. The van der Waals surface area contributed by atoms with Gasteiger partial charge in [-0.15, -0.1) is 10.2 Å². The molecule has 0 bridgehead atoms. The Labute approximate surface area is 93.0 Å². The largest absolute Gasteiger partial charge is 0.497 e. The summed E-state index contributed by atoms with van der Waals surface area (Å²) in [6.45, 7) is 1.74. The second-order valence-corrected chi connectivity index (χ2v) is 3.23. The second-order valence-electron chi connectivity index (χ2n) is 3.23. The van der Waals surface area contributed by atoms with Crippen LogP contribution in [-0.4, -0.2) is 24.4 Å². The number of aryl methyl sites for hydroxylation is 1. The molecule has 0 amide bonds. The Morgan fingerprint density at radius 1 is 1.00 bits per heavy atom. The van der Waals surface area contributed by atoms with Gasteiger partial charge < -0.3 is 13.9 Å². The summed E-state index contributed by atoms with van der Waals surface area (Å²) in [5.41, 5.74) is 0.775. The van der Waals surface area contributed by atoms with Crippen molar-refractivity contribution in [1.29, 1.82) is 0 Å². The van der Waals surface area contributed by atoms with Crippen molar-refractivity contribution in [3.05, 3.63) is 24.1 Å². The number of methoxy groups -OCH3 is 2. The van der Waals surface area contributed by atoms with Gasteiger partial charge in [-0.1, -0.05) is 0 Å². The van der Waals surface area contributed by atoms with E-state index in [0.717, 1.165) is 5.56 Å². The van der Waals surface area contributed by atoms with Crippen LogP contribution in [0.1, 0.15) is 5.89 Å². The van der Waals surface area contributed by atoms with E-state index in [1.165, 1.54) is 0 Å². The summed E-state index contributed by atoms with van der Waals surface area (Å²) in [4.78, 5) is 0. The van der Waals surface area contributed by atoms with Crippen LogP contribution in [0.15, 0.2) is 22.6 Å². The smallest absolute Gasteiger partial charge is 0.247 e. The van der Waals surface area contributed by atoms with Gasteiger partial charge >= 0.3 is 0 Å². The molecule has 2 rings (SSSR count). The SMILES string of the molecule is COc1cc(OC)cc(-c2nnc(C)o2)c1. The lowest BCUT2D eigenvalue weighted by molar-refractivity contribution is 0.394. The van der Waals surface area contributed by atoms with Crippen molar-refractivity contribution in [2.45, 2.75) is 6.92 Å². The lowest BCUT2D eigenvalue weighted by atomic mass is 10.2. The Kier molecular flexibility index (Phi) is 2.76. The first-order chi connectivity index (χ1) is 7.72. The van der Waals surface area contributed by atoms with E-state index in [0.29, 0.717) is 23.3 Å². The van der Waals surface area contributed by atoms with Crippen LogP contribution in [0.3, 0.4) is 0 Å². The summed E-state index contributed by atoms with van der Waals surface area (Å²) >= 11 is 0. The maximum Gasteiger partial charge on any atom is 0.247 e. The molecule has 84 valence electrons. The summed E-state index contributed by atoms with van der Waals surface area (Å²) in [6, 6.07) is 5.41. The predicted octanol–water partition coefficient (Wildman–Crippen LogP) is 2.06. The number of ether oxygens (including phenoxy) is 2. The molecule has 0 aliphatic heterocycles. The fourth-order valence-electron chi connectivity index (χ4n) is 1.34. The Morgan fingerprint density at radius 2 is 1.62 bits per heavy atom. The number of hydrogen-bond acceptors (Lipinski definition) is 5. The molecule has 1 aromatic carbocycles. The van der Waals surface area contributed by atoms with Crippen LogP contribution >= 0.6 is 0 Å². The minimum atomic E-state index is 0.453. The van der Waals surface area contributed by atoms with Crippen LogP contribution in [0.5, 0.6) is 11.5 Å². The average Bonchev–Trinajstić information content (AvgIpc) is 2.75. The Balaban J connectivity index is 2.47. The zero-order chi connectivity index (χ0) is 11.5. The van der Waals surface area contributed by atoms with Crippen LogP contribution in [0.25, 0.3) is 11.5 Å². The standard InChI is InChI=1S/C11H12N2O3/c1-7-12-13-11(16-7)8-4-9(14-2)6-10(5-8)15-3/h4-6H,1-3H3. The highest BCUT2D eigenvalue weighted by Crippen LogP contribution is 2.28. The van der Waals surface area contributed by atoms with Crippen LogP contribution in [0.2, 0.25) is 0 Å². The highest BCUT2D eigenvalue weighted by molar-refractivity contribution is 5.59. The average molecular weight is 220 g/mol. The molecule has 0 spiro atoms. The molecule has 0 saturated carbocycles. The van der Waals surface area contributed by atoms with Gasteiger partial charge in [-0.3, -0.25) is 0 Å². The van der Waals surface area contributed by atoms with Gasteiger partial charge in [0.1, 0.15) is 11.5 Å². The van der Waals surface area contributed by atoms with Crippen molar-refractivity contribution in [2.75, 3.05) is 14.2 Å². The first-order valence-electron chi connectivity index (χ1n) is 4.76. The third kappa shape index (κ3) is 1.98. The molecule has 0 unspecified atom stereocenters. The molecule has 2 aromatic rings. The van der Waals surface area contributed by atoms with Gasteiger partial charge in [0.25, 0.3) is 0 Å². The van der Waals surface area contributed by atoms with E-state index >= 15 is 0 Å². The number of aromatic nitrogens is 2. The molecular weight excluding hydrogens is 208 g/mol. The zero-order valence-electron chi connectivity index (χ0n) is 9.35. The van der Waals surface area contributed by atoms with Crippen molar-refractivity contribution in [3.63, 3.8) is 0 Å². The summed E-state index contributed by atoms with van der Waals surface area (Å²) in [5, 5.41) is 7.71. The van der Waals surface area contributed by atoms with Crippen LogP contribution in [0, 0.1) is 6.92 Å². The summed E-state index contributed by atoms with van der Waals surface area (Å²) < 4.78 is 15.6. The lowest BCUT2D eigenvalue weighted by Crippen LogP contribution is -1.88. The minimum absolute atomic E-state index is 0.453. The Morgan fingerprint density at radius 3 is 2.06 bits per heavy atom. The normalized spacial score (nSPS) is 10.2. The van der Waals surface area contributed by atoms with E-state index in [4.69, 9.17) is 13.9 Å². The molecule has 1 aromatic heterocycles. The zero-order valence-corrected chi connectivity index (χ0v) is 9.35. The third-order valence-electron chi connectivity index (χ3n) is 2.12. The third-order valence-corrected chi connectivity index (χ3v) is 2.12. The minimum Gasteiger partial charge on any atom is -0.497 e. The molecule has 5 heteroatoms. The van der Waals surface area contributed by atoms with Gasteiger partial charge in [-0.25, -0.2) is 0 Å². The predicted molar refractivity (Wildman–Crippen MR) is 57.6 cm³/mol. The van der Waals surface area contributed by atoms with Crippen LogP contribution in [0.4, 0.5) is 0 Å². The Bertz CT molecular complexity index is 471. The molecule has 0 atom stereocenters. The van der Waals surface area contributed by atoms with Crippen molar-refractivity contribution >= 4 is 0 Å². The molecular formula is C11H12N2O3. The van der Waals surface area contributed by atoms with Crippen LogP contribution < -0.4 is 9.47 Å².